The number of allylic oxidation sites excluding steroid dienone is 1. The number of aromatic amines is 1. The summed E-state index contributed by atoms with van der Waals surface area (Å²) in [5.74, 6) is -0.306. The molecular weight excluding hydrogens is 302 g/mol. The molecule has 0 amide bonds. The zero-order valence-corrected chi connectivity index (χ0v) is 12.4. The second-order valence-electron chi connectivity index (χ2n) is 5.01. The van der Waals surface area contributed by atoms with Gasteiger partial charge in [-0.1, -0.05) is 29.8 Å². The van der Waals surface area contributed by atoms with E-state index in [9.17, 15) is 10.1 Å². The molecule has 3 rings (SSSR count). The minimum atomic E-state index is -0.646. The van der Waals surface area contributed by atoms with Crippen molar-refractivity contribution in [3.05, 3.63) is 74.0 Å². The third-order valence-corrected chi connectivity index (χ3v) is 3.91. The minimum absolute atomic E-state index is 0.00933. The predicted octanol–water partition coefficient (Wildman–Crippen LogP) is 2.55. The molecular formula is C16H12ClN3O2. The van der Waals surface area contributed by atoms with Gasteiger partial charge in [0.2, 0.25) is 5.88 Å². The van der Waals surface area contributed by atoms with Crippen LogP contribution in [0.3, 0.4) is 0 Å². The molecule has 1 aromatic heterocycles. The van der Waals surface area contributed by atoms with E-state index in [-0.39, 0.29) is 17.0 Å². The van der Waals surface area contributed by atoms with Crippen LogP contribution in [0, 0.1) is 18.3 Å². The molecule has 0 saturated carbocycles. The number of pyridine rings is 1. The maximum atomic E-state index is 12.4. The summed E-state index contributed by atoms with van der Waals surface area (Å²) < 4.78 is 5.46. The Balaban J connectivity index is 2.35. The Bertz CT molecular complexity index is 893. The van der Waals surface area contributed by atoms with Gasteiger partial charge in [-0.3, -0.25) is 4.79 Å². The highest BCUT2D eigenvalue weighted by atomic mass is 35.5. The van der Waals surface area contributed by atoms with Gasteiger partial charge in [0.15, 0.2) is 0 Å². The van der Waals surface area contributed by atoms with Crippen LogP contribution in [-0.2, 0) is 0 Å². The van der Waals surface area contributed by atoms with Crippen molar-refractivity contribution >= 4 is 11.6 Å². The number of H-pyrrole nitrogens is 1. The van der Waals surface area contributed by atoms with Gasteiger partial charge in [0.25, 0.3) is 5.56 Å². The molecule has 0 radical (unpaired) electrons. The molecule has 2 heterocycles. The SMILES string of the molecule is Cc1cc2c(c(=O)[nH]1)C(c1ccccc1Cl)C(C#N)=C(N)O2. The molecule has 1 aliphatic rings. The Hall–Kier alpha value is -2.71. The van der Waals surface area contributed by atoms with E-state index in [0.29, 0.717) is 27.6 Å². The summed E-state index contributed by atoms with van der Waals surface area (Å²) in [6.45, 7) is 1.75. The summed E-state index contributed by atoms with van der Waals surface area (Å²) in [6.07, 6.45) is 0. The van der Waals surface area contributed by atoms with E-state index in [1.54, 1.807) is 37.3 Å². The molecule has 1 unspecified atom stereocenters. The molecule has 0 fully saturated rings. The minimum Gasteiger partial charge on any atom is -0.440 e. The summed E-state index contributed by atoms with van der Waals surface area (Å²) in [6, 6.07) is 10.8. The van der Waals surface area contributed by atoms with E-state index in [1.807, 2.05) is 6.07 Å². The third-order valence-electron chi connectivity index (χ3n) is 3.57. The second kappa shape index (κ2) is 5.24. The van der Waals surface area contributed by atoms with Crippen molar-refractivity contribution in [3.63, 3.8) is 0 Å². The lowest BCUT2D eigenvalue weighted by molar-refractivity contribution is 0.391. The van der Waals surface area contributed by atoms with E-state index in [2.05, 4.69) is 4.98 Å². The Morgan fingerprint density at radius 2 is 2.14 bits per heavy atom. The zero-order chi connectivity index (χ0) is 15.9. The van der Waals surface area contributed by atoms with Crippen LogP contribution in [0.25, 0.3) is 0 Å². The summed E-state index contributed by atoms with van der Waals surface area (Å²) in [5.41, 5.74) is 7.35. The first-order chi connectivity index (χ1) is 10.5. The molecule has 22 heavy (non-hydrogen) atoms. The molecule has 0 bridgehead atoms. The first kappa shape index (κ1) is 14.2. The number of aryl methyl sites for hydroxylation is 1. The Morgan fingerprint density at radius 1 is 1.41 bits per heavy atom. The highest BCUT2D eigenvalue weighted by Gasteiger charge is 2.34. The summed E-state index contributed by atoms with van der Waals surface area (Å²) >= 11 is 6.25. The molecule has 0 aliphatic carbocycles. The zero-order valence-electron chi connectivity index (χ0n) is 11.7. The van der Waals surface area contributed by atoms with Crippen LogP contribution in [0.4, 0.5) is 0 Å². The van der Waals surface area contributed by atoms with Crippen molar-refractivity contribution < 1.29 is 4.74 Å². The third kappa shape index (κ3) is 2.14. The van der Waals surface area contributed by atoms with Crippen LogP contribution in [0.15, 0.2) is 46.6 Å². The molecule has 1 aromatic carbocycles. The second-order valence-corrected chi connectivity index (χ2v) is 5.41. The summed E-state index contributed by atoms with van der Waals surface area (Å²) in [4.78, 5) is 15.1. The fourth-order valence-electron chi connectivity index (χ4n) is 2.63. The topological polar surface area (TPSA) is 91.9 Å². The quantitative estimate of drug-likeness (QED) is 0.846. The molecule has 1 aliphatic heterocycles. The van der Waals surface area contributed by atoms with Crippen molar-refractivity contribution in [2.45, 2.75) is 12.8 Å². The summed E-state index contributed by atoms with van der Waals surface area (Å²) in [5, 5.41) is 9.89. The first-order valence-electron chi connectivity index (χ1n) is 6.58. The van der Waals surface area contributed by atoms with Crippen molar-refractivity contribution in [1.29, 1.82) is 5.26 Å². The fraction of sp³-hybridized carbons (Fsp3) is 0.125. The average molecular weight is 314 g/mol. The lowest BCUT2D eigenvalue weighted by Gasteiger charge is -2.26. The largest absolute Gasteiger partial charge is 0.440 e. The molecule has 0 spiro atoms. The highest BCUT2D eigenvalue weighted by molar-refractivity contribution is 6.31. The molecule has 5 nitrogen and oxygen atoms in total. The normalized spacial score (nSPS) is 16.7. The standard InChI is InChI=1S/C16H12ClN3O2/c1-8-6-12-14(16(21)20-8)13(10(7-18)15(19)22-12)9-4-2-3-5-11(9)17/h2-6,13H,19H2,1H3,(H,20,21). The van der Waals surface area contributed by atoms with E-state index in [1.165, 1.54) is 0 Å². The number of rotatable bonds is 1. The molecule has 110 valence electrons. The van der Waals surface area contributed by atoms with Gasteiger partial charge in [-0.25, -0.2) is 0 Å². The number of ether oxygens (including phenoxy) is 1. The van der Waals surface area contributed by atoms with Crippen molar-refractivity contribution in [2.24, 2.45) is 5.73 Å². The monoisotopic (exact) mass is 313 g/mol. The van der Waals surface area contributed by atoms with Crippen molar-refractivity contribution in [2.75, 3.05) is 0 Å². The number of hydrogen-bond donors (Lipinski definition) is 2. The van der Waals surface area contributed by atoms with Crippen molar-refractivity contribution in [1.82, 2.24) is 4.98 Å². The number of benzene rings is 1. The van der Waals surface area contributed by atoms with E-state index in [0.717, 1.165) is 0 Å². The molecule has 1 atom stereocenters. The van der Waals surface area contributed by atoms with Gasteiger partial charge < -0.3 is 15.5 Å². The number of halogens is 1. The van der Waals surface area contributed by atoms with Gasteiger partial charge in [0, 0.05) is 16.8 Å². The molecule has 3 N–H and O–H groups in total. The van der Waals surface area contributed by atoms with Crippen LogP contribution in [0.1, 0.15) is 22.7 Å². The summed E-state index contributed by atoms with van der Waals surface area (Å²) in [7, 11) is 0. The smallest absolute Gasteiger partial charge is 0.256 e. The number of nitrogens with one attached hydrogen (secondary N) is 1. The number of aromatic nitrogens is 1. The molecule has 2 aromatic rings. The Kier molecular flexibility index (Phi) is 3.39. The van der Waals surface area contributed by atoms with E-state index < -0.39 is 5.92 Å². The fourth-order valence-corrected chi connectivity index (χ4v) is 2.87. The number of nitrogens with zero attached hydrogens (tertiary/aromatic N) is 1. The van der Waals surface area contributed by atoms with Crippen LogP contribution in [0.5, 0.6) is 5.75 Å². The van der Waals surface area contributed by atoms with Gasteiger partial charge in [0.05, 0.1) is 11.5 Å². The highest BCUT2D eigenvalue weighted by Crippen LogP contribution is 2.42. The maximum absolute atomic E-state index is 12.4. The number of nitriles is 1. The van der Waals surface area contributed by atoms with Crippen LogP contribution in [0.2, 0.25) is 5.02 Å². The molecule has 6 heteroatoms. The molecule has 0 saturated heterocycles. The van der Waals surface area contributed by atoms with E-state index >= 15 is 0 Å². The van der Waals surface area contributed by atoms with Crippen molar-refractivity contribution in [3.8, 4) is 11.8 Å². The number of fused-ring (bicyclic) bond motifs is 1. The number of nitrogens with two attached hydrogens (primary N) is 1. The van der Waals surface area contributed by atoms with Gasteiger partial charge in [-0.05, 0) is 18.6 Å². The van der Waals surface area contributed by atoms with Crippen LogP contribution < -0.4 is 16.0 Å². The lowest BCUT2D eigenvalue weighted by atomic mass is 9.84. The average Bonchev–Trinajstić information content (AvgIpc) is 2.46. The number of hydrogen-bond acceptors (Lipinski definition) is 4. The van der Waals surface area contributed by atoms with Crippen LogP contribution in [-0.4, -0.2) is 4.98 Å². The van der Waals surface area contributed by atoms with Gasteiger partial charge >= 0.3 is 0 Å². The Labute approximate surface area is 131 Å². The lowest BCUT2D eigenvalue weighted by Crippen LogP contribution is -2.28. The van der Waals surface area contributed by atoms with E-state index in [4.69, 9.17) is 22.1 Å². The maximum Gasteiger partial charge on any atom is 0.256 e. The first-order valence-corrected chi connectivity index (χ1v) is 6.96. The van der Waals surface area contributed by atoms with Gasteiger partial charge in [0.1, 0.15) is 17.4 Å². The van der Waals surface area contributed by atoms with Gasteiger partial charge in [-0.2, -0.15) is 5.26 Å². The van der Waals surface area contributed by atoms with Crippen LogP contribution >= 0.6 is 11.6 Å². The Morgan fingerprint density at radius 3 is 2.82 bits per heavy atom. The predicted molar refractivity (Wildman–Crippen MR) is 82.5 cm³/mol. The van der Waals surface area contributed by atoms with Gasteiger partial charge in [-0.15, -0.1) is 0 Å².